The molecule has 3 aromatic carbocycles. The molecule has 240 valence electrons. The Morgan fingerprint density at radius 2 is 1.85 bits per heavy atom. The number of carbonyl (C=O) groups is 3. The number of thiocarbonyl (C=S) groups is 1. The number of nitrogens with one attached hydrogen (secondary N) is 1. The Bertz CT molecular complexity index is 1680. The van der Waals surface area contributed by atoms with E-state index in [9.17, 15) is 14.4 Å². The topological polar surface area (TPSA) is 99.2 Å². The van der Waals surface area contributed by atoms with Gasteiger partial charge in [0.05, 0.1) is 24.5 Å². The number of thioether (sulfide) groups is 1. The quantitative estimate of drug-likeness (QED) is 0.158. The summed E-state index contributed by atoms with van der Waals surface area (Å²) in [5.74, 6) is -1.51. The van der Waals surface area contributed by atoms with Crippen molar-refractivity contribution in [1.29, 1.82) is 0 Å². The summed E-state index contributed by atoms with van der Waals surface area (Å²) in [7, 11) is 0. The molecule has 3 aromatic rings. The lowest BCUT2D eigenvalue weighted by molar-refractivity contribution is -0.136. The molecule has 0 aliphatic carbocycles. The average molecular weight is 699 g/mol. The maximum atomic E-state index is 13.5. The maximum Gasteiger partial charge on any atom is 0.307 e. The van der Waals surface area contributed by atoms with E-state index in [0.29, 0.717) is 30.5 Å². The van der Waals surface area contributed by atoms with E-state index in [1.165, 1.54) is 16.7 Å². The number of nitrogens with zero attached hydrogens (tertiary/aromatic N) is 2. The Hall–Kier alpha value is -3.25. The summed E-state index contributed by atoms with van der Waals surface area (Å²) < 4.78 is 5.86. The van der Waals surface area contributed by atoms with Crippen molar-refractivity contribution in [1.82, 2.24) is 9.80 Å². The second-order valence-electron chi connectivity index (χ2n) is 11.0. The van der Waals surface area contributed by atoms with Crippen LogP contribution >= 0.6 is 47.2 Å². The predicted octanol–water partition coefficient (Wildman–Crippen LogP) is 6.78. The normalized spacial score (nSPS) is 16.3. The number of anilines is 1. The number of amides is 2. The zero-order chi connectivity index (χ0) is 32.6. The van der Waals surface area contributed by atoms with Crippen LogP contribution in [0.15, 0.2) is 65.6 Å². The molecule has 2 N–H and O–H groups in total. The van der Waals surface area contributed by atoms with Gasteiger partial charge in [-0.1, -0.05) is 77.5 Å². The van der Waals surface area contributed by atoms with Crippen LogP contribution in [0.3, 0.4) is 0 Å². The van der Waals surface area contributed by atoms with E-state index in [4.69, 9.17) is 45.3 Å². The van der Waals surface area contributed by atoms with Gasteiger partial charge in [-0.2, -0.15) is 0 Å². The van der Waals surface area contributed by atoms with Crippen molar-refractivity contribution in [3.05, 3.63) is 92.3 Å². The van der Waals surface area contributed by atoms with Crippen molar-refractivity contribution in [2.24, 2.45) is 0 Å². The number of aliphatic carboxylic acids is 1. The average Bonchev–Trinajstić information content (AvgIpc) is 3.28. The number of ether oxygens (including phenoxy) is 1. The van der Waals surface area contributed by atoms with E-state index in [1.807, 2.05) is 24.3 Å². The molecule has 2 amide bonds. The van der Waals surface area contributed by atoms with Crippen LogP contribution in [-0.2, 0) is 32.0 Å². The molecule has 0 aromatic heterocycles. The van der Waals surface area contributed by atoms with Crippen LogP contribution in [0.4, 0.5) is 5.69 Å². The fraction of sp³-hybridized carbons (Fsp3) is 0.294. The lowest BCUT2D eigenvalue weighted by Gasteiger charge is -2.26. The number of benzene rings is 3. The molecule has 0 atom stereocenters. The summed E-state index contributed by atoms with van der Waals surface area (Å²) >= 11 is 19.5. The number of carbonyl (C=O) groups excluding carboxylic acids is 2. The highest BCUT2D eigenvalue weighted by Gasteiger charge is 2.32. The molecular formula is C34H33Cl2N3O5S2. The van der Waals surface area contributed by atoms with Crippen LogP contribution in [0.1, 0.15) is 29.5 Å². The minimum absolute atomic E-state index is 0.0280. The highest BCUT2D eigenvalue weighted by atomic mass is 35.5. The SMILES string of the molecule is O=C(O)Cc1cccc(NC(=O)CCN2C(=O)/C(=C/c3cc(-c4ccc(Cl)cc4Cl)ccc3CCCN3CCOCC3)SC2=S)c1. The second-order valence-corrected chi connectivity index (χ2v) is 13.5. The summed E-state index contributed by atoms with van der Waals surface area (Å²) in [6.07, 6.45) is 3.55. The van der Waals surface area contributed by atoms with Crippen LogP contribution in [0.25, 0.3) is 17.2 Å². The maximum absolute atomic E-state index is 13.5. The third kappa shape index (κ3) is 9.18. The molecule has 0 saturated carbocycles. The Labute approximate surface area is 287 Å². The fourth-order valence-corrected chi connectivity index (χ4v) is 7.19. The summed E-state index contributed by atoms with van der Waals surface area (Å²) in [6, 6.07) is 18.2. The fourth-order valence-electron chi connectivity index (χ4n) is 5.37. The molecule has 8 nitrogen and oxygen atoms in total. The number of morpholine rings is 1. The second kappa shape index (κ2) is 16.0. The van der Waals surface area contributed by atoms with Gasteiger partial charge in [0.2, 0.25) is 5.91 Å². The Morgan fingerprint density at radius 1 is 1.04 bits per heavy atom. The lowest BCUT2D eigenvalue weighted by atomic mass is 9.96. The van der Waals surface area contributed by atoms with Gasteiger partial charge in [-0.05, 0) is 78.0 Å². The third-order valence-corrected chi connectivity index (χ3v) is 9.63. The first kappa shape index (κ1) is 34.1. The van der Waals surface area contributed by atoms with Crippen molar-refractivity contribution in [2.75, 3.05) is 44.7 Å². The van der Waals surface area contributed by atoms with E-state index in [1.54, 1.807) is 36.4 Å². The molecular weight excluding hydrogens is 665 g/mol. The molecule has 0 bridgehead atoms. The van der Waals surface area contributed by atoms with Gasteiger partial charge in [0.15, 0.2) is 0 Å². The Balaban J connectivity index is 1.30. The number of hydrogen-bond acceptors (Lipinski definition) is 7. The first-order valence-corrected chi connectivity index (χ1v) is 16.9. The molecule has 0 radical (unpaired) electrons. The summed E-state index contributed by atoms with van der Waals surface area (Å²) in [4.78, 5) is 41.6. The van der Waals surface area contributed by atoms with Crippen molar-refractivity contribution in [3.63, 3.8) is 0 Å². The molecule has 5 rings (SSSR count). The standard InChI is InChI=1S/C34H33Cl2N3O5S2/c35-26-8-9-28(29(36)21-26)24-7-6-23(4-2-11-38-13-15-44-16-14-38)25(19-24)20-30-33(43)39(34(45)46-30)12-10-31(40)37-27-5-1-3-22(17-27)18-32(41)42/h1,3,5-9,17,19-21H,2,4,10-16,18H2,(H,37,40)(H,41,42)/b30-20-. The zero-order valence-corrected chi connectivity index (χ0v) is 28.1. The van der Waals surface area contributed by atoms with Crippen LogP contribution in [-0.4, -0.2) is 76.4 Å². The molecule has 2 aliphatic rings. The van der Waals surface area contributed by atoms with Gasteiger partial charge in [0.25, 0.3) is 5.91 Å². The Kier molecular flexibility index (Phi) is 11.9. The minimum Gasteiger partial charge on any atom is -0.481 e. The van der Waals surface area contributed by atoms with Crippen LogP contribution in [0.5, 0.6) is 0 Å². The number of hydrogen-bond donors (Lipinski definition) is 2. The molecule has 46 heavy (non-hydrogen) atoms. The van der Waals surface area contributed by atoms with Gasteiger partial charge < -0.3 is 15.2 Å². The van der Waals surface area contributed by atoms with Crippen molar-refractivity contribution in [2.45, 2.75) is 25.7 Å². The zero-order valence-electron chi connectivity index (χ0n) is 25.0. The highest BCUT2D eigenvalue weighted by Crippen LogP contribution is 2.36. The largest absolute Gasteiger partial charge is 0.481 e. The number of halogens is 2. The molecule has 2 saturated heterocycles. The molecule has 2 fully saturated rings. The lowest BCUT2D eigenvalue weighted by Crippen LogP contribution is -2.36. The molecule has 12 heteroatoms. The molecule has 0 unspecified atom stereocenters. The van der Waals surface area contributed by atoms with Gasteiger partial charge in [-0.15, -0.1) is 0 Å². The monoisotopic (exact) mass is 697 g/mol. The van der Waals surface area contributed by atoms with E-state index in [-0.39, 0.29) is 31.2 Å². The van der Waals surface area contributed by atoms with Crippen molar-refractivity contribution >= 4 is 81.0 Å². The number of carboxylic acid groups (broad SMARTS) is 1. The molecule has 2 heterocycles. The van der Waals surface area contributed by atoms with Gasteiger partial charge in [0, 0.05) is 47.4 Å². The van der Waals surface area contributed by atoms with Gasteiger partial charge >= 0.3 is 5.97 Å². The first-order chi connectivity index (χ1) is 22.2. The summed E-state index contributed by atoms with van der Waals surface area (Å²) in [5.41, 5.74) is 4.84. The van der Waals surface area contributed by atoms with E-state index in [0.717, 1.165) is 67.9 Å². The third-order valence-electron chi connectivity index (χ3n) is 7.70. The van der Waals surface area contributed by atoms with Gasteiger partial charge in [0.1, 0.15) is 4.32 Å². The van der Waals surface area contributed by atoms with E-state index < -0.39 is 5.97 Å². The summed E-state index contributed by atoms with van der Waals surface area (Å²) in [5, 5.41) is 12.9. The number of carboxylic acids is 1. The molecule has 2 aliphatic heterocycles. The summed E-state index contributed by atoms with van der Waals surface area (Å²) in [6.45, 7) is 4.45. The Morgan fingerprint density at radius 3 is 2.61 bits per heavy atom. The van der Waals surface area contributed by atoms with Crippen LogP contribution in [0, 0.1) is 0 Å². The van der Waals surface area contributed by atoms with Crippen LogP contribution < -0.4 is 5.32 Å². The minimum atomic E-state index is -0.952. The smallest absolute Gasteiger partial charge is 0.307 e. The van der Waals surface area contributed by atoms with E-state index >= 15 is 0 Å². The van der Waals surface area contributed by atoms with E-state index in [2.05, 4.69) is 16.3 Å². The van der Waals surface area contributed by atoms with Crippen LogP contribution in [0.2, 0.25) is 10.0 Å². The predicted molar refractivity (Wildman–Crippen MR) is 188 cm³/mol. The molecule has 0 spiro atoms. The highest BCUT2D eigenvalue weighted by molar-refractivity contribution is 8.26. The van der Waals surface area contributed by atoms with Gasteiger partial charge in [-0.25, -0.2) is 0 Å². The van der Waals surface area contributed by atoms with Crippen molar-refractivity contribution in [3.8, 4) is 11.1 Å². The van der Waals surface area contributed by atoms with Crippen molar-refractivity contribution < 1.29 is 24.2 Å². The first-order valence-electron chi connectivity index (χ1n) is 14.9. The number of aryl methyl sites for hydroxylation is 1. The number of rotatable bonds is 12. The van der Waals surface area contributed by atoms with Gasteiger partial charge in [-0.3, -0.25) is 24.2 Å².